The van der Waals surface area contributed by atoms with E-state index in [0.29, 0.717) is 19.8 Å². The van der Waals surface area contributed by atoms with E-state index in [0.717, 1.165) is 10.6 Å². The summed E-state index contributed by atoms with van der Waals surface area (Å²) in [4.78, 5) is 4.49. The number of aliphatic hydroxyl groups is 1. The number of anilines is 1. The number of aromatic nitrogens is 1. The van der Waals surface area contributed by atoms with Gasteiger partial charge in [-0.2, -0.15) is 0 Å². The van der Waals surface area contributed by atoms with Crippen molar-refractivity contribution in [2.24, 2.45) is 5.41 Å². The molecule has 90 valence electrons. The highest BCUT2D eigenvalue weighted by atomic mass is 32.1. The fraction of sp³-hybridized carbons (Fsp3) is 0.417. The van der Waals surface area contributed by atoms with E-state index in [1.54, 1.807) is 11.3 Å². The average Bonchev–Trinajstić information content (AvgIpc) is 2.71. The summed E-state index contributed by atoms with van der Waals surface area (Å²) in [6, 6.07) is 8.07. The van der Waals surface area contributed by atoms with Crippen LogP contribution < -0.4 is 5.32 Å². The number of benzene rings is 1. The smallest absolute Gasteiger partial charge is 0.183 e. The molecule has 17 heavy (non-hydrogen) atoms. The second-order valence-electron chi connectivity index (χ2n) is 4.49. The van der Waals surface area contributed by atoms with Crippen molar-refractivity contribution < 1.29 is 9.84 Å². The van der Waals surface area contributed by atoms with Crippen LogP contribution in [0.3, 0.4) is 0 Å². The van der Waals surface area contributed by atoms with Crippen LogP contribution in [-0.2, 0) is 4.74 Å². The number of thiazole rings is 1. The molecule has 0 atom stereocenters. The standard InChI is InChI=1S/C12H14N2O2S/c15-6-12(7-16-8-12)5-13-11-14-9-3-1-2-4-10(9)17-11/h1-4,15H,5-8H2,(H,13,14). The molecule has 0 spiro atoms. The molecule has 3 rings (SSSR count). The maximum absolute atomic E-state index is 9.32. The lowest BCUT2D eigenvalue weighted by molar-refractivity contribution is -0.128. The lowest BCUT2D eigenvalue weighted by Crippen LogP contribution is -2.50. The Morgan fingerprint density at radius 3 is 2.88 bits per heavy atom. The van der Waals surface area contributed by atoms with Gasteiger partial charge in [0.1, 0.15) is 0 Å². The molecule has 0 saturated carbocycles. The normalized spacial score (nSPS) is 17.9. The molecule has 0 amide bonds. The molecule has 2 N–H and O–H groups in total. The van der Waals surface area contributed by atoms with Crippen molar-refractivity contribution in [3.63, 3.8) is 0 Å². The zero-order valence-electron chi connectivity index (χ0n) is 9.35. The van der Waals surface area contributed by atoms with Gasteiger partial charge in [-0.15, -0.1) is 0 Å². The molecule has 4 nitrogen and oxygen atoms in total. The number of hydrogen-bond acceptors (Lipinski definition) is 5. The average molecular weight is 250 g/mol. The maximum atomic E-state index is 9.32. The number of para-hydroxylation sites is 1. The largest absolute Gasteiger partial charge is 0.396 e. The van der Waals surface area contributed by atoms with Crippen LogP contribution in [0, 0.1) is 5.41 Å². The predicted molar refractivity (Wildman–Crippen MR) is 68.4 cm³/mol. The molecule has 2 aromatic rings. The van der Waals surface area contributed by atoms with Gasteiger partial charge in [0.25, 0.3) is 0 Å². The number of nitrogens with zero attached hydrogens (tertiary/aromatic N) is 1. The van der Waals surface area contributed by atoms with Gasteiger partial charge < -0.3 is 15.2 Å². The summed E-state index contributed by atoms with van der Waals surface area (Å²) in [7, 11) is 0. The molecule has 0 unspecified atom stereocenters. The highest BCUT2D eigenvalue weighted by molar-refractivity contribution is 7.22. The lowest BCUT2D eigenvalue weighted by atomic mass is 9.87. The summed E-state index contributed by atoms with van der Waals surface area (Å²) in [5.74, 6) is 0. The van der Waals surface area contributed by atoms with Gasteiger partial charge in [0.15, 0.2) is 5.13 Å². The third-order valence-electron chi connectivity index (χ3n) is 3.06. The summed E-state index contributed by atoms with van der Waals surface area (Å²) >= 11 is 1.64. The van der Waals surface area contributed by atoms with Gasteiger partial charge in [-0.05, 0) is 12.1 Å². The Kier molecular flexibility index (Phi) is 2.74. The van der Waals surface area contributed by atoms with Crippen LogP contribution in [0.5, 0.6) is 0 Å². The number of aliphatic hydroxyl groups excluding tert-OH is 1. The van der Waals surface area contributed by atoms with E-state index in [2.05, 4.69) is 16.4 Å². The first-order valence-corrected chi connectivity index (χ1v) is 6.41. The van der Waals surface area contributed by atoms with E-state index in [-0.39, 0.29) is 12.0 Å². The molecule has 0 radical (unpaired) electrons. The fourth-order valence-electron chi connectivity index (χ4n) is 1.85. The molecule has 2 heterocycles. The van der Waals surface area contributed by atoms with Gasteiger partial charge >= 0.3 is 0 Å². The molecule has 1 aliphatic rings. The van der Waals surface area contributed by atoms with Crippen molar-refractivity contribution >= 4 is 26.7 Å². The fourth-order valence-corrected chi connectivity index (χ4v) is 2.71. The van der Waals surface area contributed by atoms with Gasteiger partial charge in [0.2, 0.25) is 0 Å². The van der Waals surface area contributed by atoms with Crippen LogP contribution in [0.15, 0.2) is 24.3 Å². The topological polar surface area (TPSA) is 54.4 Å². The highest BCUT2D eigenvalue weighted by Gasteiger charge is 2.38. The minimum absolute atomic E-state index is 0.113. The van der Waals surface area contributed by atoms with Crippen molar-refractivity contribution in [3.05, 3.63) is 24.3 Å². The Balaban J connectivity index is 1.72. The van der Waals surface area contributed by atoms with Crippen molar-refractivity contribution in [3.8, 4) is 0 Å². The number of fused-ring (bicyclic) bond motifs is 1. The Labute approximate surface area is 103 Å². The number of hydrogen-bond donors (Lipinski definition) is 2. The predicted octanol–water partition coefficient (Wildman–Crippen LogP) is 1.72. The van der Waals surface area contributed by atoms with E-state index in [1.165, 1.54) is 4.70 Å². The van der Waals surface area contributed by atoms with Gasteiger partial charge in [0.05, 0.1) is 35.5 Å². The third kappa shape index (κ3) is 2.01. The van der Waals surface area contributed by atoms with Gasteiger partial charge in [-0.3, -0.25) is 0 Å². The quantitative estimate of drug-likeness (QED) is 0.867. The highest BCUT2D eigenvalue weighted by Crippen LogP contribution is 2.30. The van der Waals surface area contributed by atoms with Crippen LogP contribution in [0.1, 0.15) is 0 Å². The SMILES string of the molecule is OCC1(CNc2nc3ccccc3s2)COC1. The Morgan fingerprint density at radius 2 is 2.24 bits per heavy atom. The molecule has 1 aromatic carbocycles. The Hall–Kier alpha value is -1.17. The number of nitrogens with one attached hydrogen (secondary N) is 1. The molecule has 0 aliphatic carbocycles. The molecular formula is C12H14N2O2S. The van der Waals surface area contributed by atoms with E-state index in [4.69, 9.17) is 4.74 Å². The lowest BCUT2D eigenvalue weighted by Gasteiger charge is -2.39. The van der Waals surface area contributed by atoms with Crippen LogP contribution in [0.4, 0.5) is 5.13 Å². The molecule has 1 saturated heterocycles. The van der Waals surface area contributed by atoms with Crippen LogP contribution in [0.25, 0.3) is 10.2 Å². The zero-order chi connectivity index (χ0) is 11.7. The van der Waals surface area contributed by atoms with Crippen molar-refractivity contribution in [2.75, 3.05) is 31.7 Å². The van der Waals surface area contributed by atoms with Crippen LogP contribution >= 0.6 is 11.3 Å². The summed E-state index contributed by atoms with van der Waals surface area (Å²) < 4.78 is 6.34. The van der Waals surface area contributed by atoms with Crippen molar-refractivity contribution in [1.29, 1.82) is 0 Å². The molecule has 5 heteroatoms. The first kappa shape index (κ1) is 11.0. The van der Waals surface area contributed by atoms with E-state index in [9.17, 15) is 5.11 Å². The number of rotatable bonds is 4. The van der Waals surface area contributed by atoms with Crippen LogP contribution in [-0.4, -0.2) is 36.5 Å². The Morgan fingerprint density at radius 1 is 1.41 bits per heavy atom. The molecular weight excluding hydrogens is 236 g/mol. The minimum atomic E-state index is -0.113. The van der Waals surface area contributed by atoms with Crippen LogP contribution in [0.2, 0.25) is 0 Å². The van der Waals surface area contributed by atoms with E-state index >= 15 is 0 Å². The van der Waals surface area contributed by atoms with E-state index in [1.807, 2.05) is 18.2 Å². The number of ether oxygens (including phenoxy) is 1. The molecule has 1 aromatic heterocycles. The van der Waals surface area contributed by atoms with Gasteiger partial charge in [0, 0.05) is 6.54 Å². The molecule has 1 aliphatic heterocycles. The summed E-state index contributed by atoms with van der Waals surface area (Å²) in [5.41, 5.74) is 0.903. The molecule has 1 fully saturated rings. The summed E-state index contributed by atoms with van der Waals surface area (Å²) in [6.45, 7) is 2.12. The Bertz CT molecular complexity index is 483. The third-order valence-corrected chi connectivity index (χ3v) is 4.05. The van der Waals surface area contributed by atoms with Gasteiger partial charge in [-0.25, -0.2) is 4.98 Å². The first-order chi connectivity index (χ1) is 8.31. The molecule has 0 bridgehead atoms. The van der Waals surface area contributed by atoms with Crippen molar-refractivity contribution in [1.82, 2.24) is 4.98 Å². The second-order valence-corrected chi connectivity index (χ2v) is 5.52. The minimum Gasteiger partial charge on any atom is -0.396 e. The summed E-state index contributed by atoms with van der Waals surface area (Å²) in [5, 5.41) is 13.5. The summed E-state index contributed by atoms with van der Waals surface area (Å²) in [6.07, 6.45) is 0. The van der Waals surface area contributed by atoms with Gasteiger partial charge in [-0.1, -0.05) is 23.5 Å². The van der Waals surface area contributed by atoms with Crippen molar-refractivity contribution in [2.45, 2.75) is 0 Å². The first-order valence-electron chi connectivity index (χ1n) is 5.59. The zero-order valence-corrected chi connectivity index (χ0v) is 10.2. The van der Waals surface area contributed by atoms with E-state index < -0.39 is 0 Å². The maximum Gasteiger partial charge on any atom is 0.183 e. The second kappa shape index (κ2) is 4.25. The monoisotopic (exact) mass is 250 g/mol.